The van der Waals surface area contributed by atoms with Crippen molar-refractivity contribution in [1.82, 2.24) is 26.0 Å². The number of hydrogen-bond donors (Lipinski definition) is 4. The molecule has 2 saturated heterocycles. The zero-order valence-electron chi connectivity index (χ0n) is 17.3. The third-order valence-electron chi connectivity index (χ3n) is 6.48. The van der Waals surface area contributed by atoms with E-state index < -0.39 is 0 Å². The van der Waals surface area contributed by atoms with E-state index in [2.05, 4.69) is 39.1 Å². The van der Waals surface area contributed by atoms with Crippen LogP contribution < -0.4 is 20.8 Å². The van der Waals surface area contributed by atoms with Gasteiger partial charge < -0.3 is 15.7 Å². The van der Waals surface area contributed by atoms with E-state index in [1.165, 1.54) is 24.6 Å². The summed E-state index contributed by atoms with van der Waals surface area (Å²) < 4.78 is 0.850. The number of aliphatic hydroxyl groups excluding tert-OH is 1. The molecule has 3 aliphatic heterocycles. The number of likely N-dealkylation sites (tertiary alicyclic amines) is 1. The number of pyridine rings is 1. The number of aliphatic hydroxyl groups is 1. The Balaban J connectivity index is 1.49. The number of fused-ring (bicyclic) bond motifs is 1. The number of aromatic nitrogens is 1. The number of nitrogens with zero attached hydrogens (tertiary/aromatic N) is 3. The Bertz CT molecular complexity index is 712. The Morgan fingerprint density at radius 2 is 2.28 bits per heavy atom. The van der Waals surface area contributed by atoms with Crippen LogP contribution in [-0.4, -0.2) is 52.7 Å². The normalized spacial score (nSPS) is 30.6. The summed E-state index contributed by atoms with van der Waals surface area (Å²) in [6.45, 7) is 4.16. The molecule has 4 heterocycles. The lowest BCUT2D eigenvalue weighted by Gasteiger charge is -2.50. The van der Waals surface area contributed by atoms with Gasteiger partial charge in [-0.1, -0.05) is 13.3 Å². The van der Waals surface area contributed by atoms with Crippen LogP contribution in [0.5, 0.6) is 0 Å². The van der Waals surface area contributed by atoms with Gasteiger partial charge >= 0.3 is 0 Å². The summed E-state index contributed by atoms with van der Waals surface area (Å²) in [6.07, 6.45) is 12.2. The first-order valence-corrected chi connectivity index (χ1v) is 11.0. The van der Waals surface area contributed by atoms with Crippen LogP contribution in [0.3, 0.4) is 0 Å². The molecule has 29 heavy (non-hydrogen) atoms. The van der Waals surface area contributed by atoms with Gasteiger partial charge in [0.25, 0.3) is 0 Å². The molecule has 0 bridgehead atoms. The highest BCUT2D eigenvalue weighted by Crippen LogP contribution is 2.29. The SMILES string of the molecule is CCC1=CNN2C(NCc3ccc[n+]([O-])c3)CC(N3CCCC[C@H]3CCO)NC12. The van der Waals surface area contributed by atoms with Gasteiger partial charge in [-0.3, -0.25) is 15.5 Å². The fourth-order valence-corrected chi connectivity index (χ4v) is 4.96. The van der Waals surface area contributed by atoms with Crippen molar-refractivity contribution in [1.29, 1.82) is 0 Å². The van der Waals surface area contributed by atoms with Crippen LogP contribution in [0, 0.1) is 5.21 Å². The van der Waals surface area contributed by atoms with Crippen molar-refractivity contribution in [2.75, 3.05) is 13.2 Å². The van der Waals surface area contributed by atoms with Crippen molar-refractivity contribution in [2.24, 2.45) is 0 Å². The van der Waals surface area contributed by atoms with Gasteiger partial charge in [-0.05, 0) is 43.9 Å². The molecule has 160 valence electrons. The first-order chi connectivity index (χ1) is 14.2. The molecule has 8 heteroatoms. The van der Waals surface area contributed by atoms with Crippen LogP contribution in [0.4, 0.5) is 0 Å². The second-order valence-electron chi connectivity index (χ2n) is 8.30. The standard InChI is InChI=1S/C21H34N6O2/c1-2-17-14-23-27-19(22-13-16-6-5-9-25(29)15-16)12-20(24-21(17)27)26-10-4-3-7-18(26)8-11-28/h5-6,9,14-15,18-24,28H,2-4,7-8,10-13H2,1H3/t18-,19?,20?,21?/m0/s1. The van der Waals surface area contributed by atoms with E-state index in [1.807, 2.05) is 6.07 Å². The number of piperidine rings is 1. The van der Waals surface area contributed by atoms with E-state index in [1.54, 1.807) is 12.3 Å². The minimum Gasteiger partial charge on any atom is -0.619 e. The summed E-state index contributed by atoms with van der Waals surface area (Å²) in [5.41, 5.74) is 5.77. The number of nitrogens with one attached hydrogen (secondary N) is 3. The van der Waals surface area contributed by atoms with Gasteiger partial charge in [-0.15, -0.1) is 0 Å². The molecule has 0 amide bonds. The summed E-state index contributed by atoms with van der Waals surface area (Å²) in [7, 11) is 0. The summed E-state index contributed by atoms with van der Waals surface area (Å²) >= 11 is 0. The van der Waals surface area contributed by atoms with Gasteiger partial charge in [-0.25, -0.2) is 0 Å². The van der Waals surface area contributed by atoms with E-state index >= 15 is 0 Å². The Hall–Kier alpha value is -1.71. The van der Waals surface area contributed by atoms with Crippen molar-refractivity contribution < 1.29 is 9.84 Å². The van der Waals surface area contributed by atoms with Crippen LogP contribution in [0.15, 0.2) is 36.3 Å². The van der Waals surface area contributed by atoms with E-state index in [4.69, 9.17) is 0 Å². The first kappa shape index (κ1) is 20.6. The third-order valence-corrected chi connectivity index (χ3v) is 6.48. The number of hydrogen-bond acceptors (Lipinski definition) is 7. The van der Waals surface area contributed by atoms with E-state index in [-0.39, 0.29) is 25.1 Å². The van der Waals surface area contributed by atoms with Crippen LogP contribution >= 0.6 is 0 Å². The molecule has 1 aromatic rings. The highest BCUT2D eigenvalue weighted by molar-refractivity contribution is 5.16. The van der Waals surface area contributed by atoms with Gasteiger partial charge in [0.05, 0.1) is 12.3 Å². The number of rotatable bonds is 7. The second kappa shape index (κ2) is 9.40. The maximum Gasteiger partial charge on any atom is 0.184 e. The van der Waals surface area contributed by atoms with Crippen molar-refractivity contribution in [3.8, 4) is 0 Å². The molecule has 0 saturated carbocycles. The summed E-state index contributed by atoms with van der Waals surface area (Å²) in [5.74, 6) is 0. The Labute approximate surface area is 173 Å². The fourth-order valence-electron chi connectivity index (χ4n) is 4.96. The monoisotopic (exact) mass is 402 g/mol. The first-order valence-electron chi connectivity index (χ1n) is 11.0. The molecule has 0 radical (unpaired) electrons. The largest absolute Gasteiger partial charge is 0.619 e. The molecule has 4 N–H and O–H groups in total. The molecule has 3 unspecified atom stereocenters. The smallest absolute Gasteiger partial charge is 0.184 e. The third kappa shape index (κ3) is 4.57. The molecule has 8 nitrogen and oxygen atoms in total. The second-order valence-corrected chi connectivity index (χ2v) is 8.30. The van der Waals surface area contributed by atoms with Gasteiger partial charge in [0.2, 0.25) is 0 Å². The van der Waals surface area contributed by atoms with E-state index in [0.29, 0.717) is 12.6 Å². The summed E-state index contributed by atoms with van der Waals surface area (Å²) in [5, 5.41) is 30.9. The molecule has 4 rings (SSSR count). The van der Waals surface area contributed by atoms with Crippen molar-refractivity contribution >= 4 is 0 Å². The van der Waals surface area contributed by atoms with Crippen LogP contribution in [0.2, 0.25) is 0 Å². The predicted molar refractivity (Wildman–Crippen MR) is 111 cm³/mol. The Kier molecular flexibility index (Phi) is 6.67. The maximum absolute atomic E-state index is 11.6. The molecule has 0 spiro atoms. The Morgan fingerprint density at radius 3 is 3.07 bits per heavy atom. The lowest BCUT2D eigenvalue weighted by atomic mass is 9.96. The molecular formula is C21H34N6O2. The molecular weight excluding hydrogens is 368 g/mol. The Morgan fingerprint density at radius 1 is 1.38 bits per heavy atom. The molecule has 1 aromatic heterocycles. The average Bonchev–Trinajstić information content (AvgIpc) is 3.16. The molecule has 2 fully saturated rings. The van der Waals surface area contributed by atoms with Crippen molar-refractivity contribution in [3.63, 3.8) is 0 Å². The molecule has 0 aromatic carbocycles. The minimum absolute atomic E-state index is 0.142. The molecule has 0 aliphatic carbocycles. The average molecular weight is 403 g/mol. The quantitative estimate of drug-likeness (QED) is 0.395. The van der Waals surface area contributed by atoms with Gasteiger partial charge in [0, 0.05) is 43.4 Å². The zero-order chi connectivity index (χ0) is 20.2. The lowest BCUT2D eigenvalue weighted by Crippen LogP contribution is -2.69. The maximum atomic E-state index is 11.6. The van der Waals surface area contributed by atoms with Crippen molar-refractivity contribution in [3.05, 3.63) is 47.1 Å². The van der Waals surface area contributed by atoms with Gasteiger partial charge in [0.15, 0.2) is 12.4 Å². The number of hydrazine groups is 1. The van der Waals surface area contributed by atoms with Gasteiger partial charge in [0.1, 0.15) is 6.17 Å². The summed E-state index contributed by atoms with van der Waals surface area (Å²) in [6, 6.07) is 4.21. The van der Waals surface area contributed by atoms with E-state index in [0.717, 1.165) is 42.5 Å². The predicted octanol–water partition coefficient (Wildman–Crippen LogP) is 0.732. The fraction of sp³-hybridized carbons (Fsp3) is 0.667. The van der Waals surface area contributed by atoms with Crippen LogP contribution in [0.1, 0.15) is 51.0 Å². The van der Waals surface area contributed by atoms with Crippen LogP contribution in [-0.2, 0) is 6.54 Å². The molecule has 4 atom stereocenters. The van der Waals surface area contributed by atoms with E-state index in [9.17, 15) is 10.3 Å². The van der Waals surface area contributed by atoms with Crippen LogP contribution in [0.25, 0.3) is 0 Å². The van der Waals surface area contributed by atoms with Gasteiger partial charge in [-0.2, -0.15) is 9.74 Å². The van der Waals surface area contributed by atoms with Crippen molar-refractivity contribution in [2.45, 2.75) is 76.5 Å². The lowest BCUT2D eigenvalue weighted by molar-refractivity contribution is -0.605. The summed E-state index contributed by atoms with van der Waals surface area (Å²) in [4.78, 5) is 2.57. The minimum atomic E-state index is 0.142. The highest BCUT2D eigenvalue weighted by Gasteiger charge is 2.42. The highest BCUT2D eigenvalue weighted by atomic mass is 16.5. The zero-order valence-corrected chi connectivity index (χ0v) is 17.3. The topological polar surface area (TPSA) is 89.7 Å². The molecule has 3 aliphatic rings.